The topological polar surface area (TPSA) is 80.9 Å². The van der Waals surface area contributed by atoms with Gasteiger partial charge in [-0.25, -0.2) is 0 Å². The molecule has 0 amide bonds. The molecule has 0 aliphatic carbocycles. The van der Waals surface area contributed by atoms with Crippen LogP contribution in [0.4, 0.5) is 0 Å². The number of hydrogen-bond acceptors (Lipinski definition) is 4. The Labute approximate surface area is 158 Å². The van der Waals surface area contributed by atoms with Gasteiger partial charge in [0.25, 0.3) is 0 Å². The summed E-state index contributed by atoms with van der Waals surface area (Å²) in [6, 6.07) is 0. The second-order valence-electron chi connectivity index (χ2n) is 7.17. The molecule has 0 saturated heterocycles. The lowest BCUT2D eigenvalue weighted by Gasteiger charge is -2.31. The highest BCUT2D eigenvalue weighted by Crippen LogP contribution is 2.19. The molecule has 146 valence electrons. The number of allylic oxidation sites excluding steroid dienone is 3. The van der Waals surface area contributed by atoms with E-state index in [1.54, 1.807) is 33.8 Å². The third-order valence-corrected chi connectivity index (χ3v) is 2.45. The molecule has 0 aromatic heterocycles. The van der Waals surface area contributed by atoms with E-state index in [4.69, 9.17) is 36.1 Å². The maximum Gasteiger partial charge on any atom is 0.156 e. The molecule has 0 saturated carbocycles. The highest BCUT2D eigenvalue weighted by molar-refractivity contribution is 6.25. The third-order valence-electron chi connectivity index (χ3n) is 2.45. The molecule has 0 rings (SSSR count). The highest BCUT2D eigenvalue weighted by Gasteiger charge is 2.31. The SMILES string of the molecule is CC(C)(O)C(C)(C)O.CC(C)(O)O.CCC.[B]/C=C/C([B])=C\CCC. The number of rotatable bonds is 4. The Morgan fingerprint density at radius 1 is 0.840 bits per heavy atom. The molecule has 0 atom stereocenters. The van der Waals surface area contributed by atoms with Crippen LogP contribution in [0.5, 0.6) is 0 Å². The van der Waals surface area contributed by atoms with Gasteiger partial charge in [-0.2, -0.15) is 0 Å². The van der Waals surface area contributed by atoms with E-state index in [-0.39, 0.29) is 0 Å². The molecule has 0 aromatic rings. The van der Waals surface area contributed by atoms with Crippen LogP contribution in [0.25, 0.3) is 0 Å². The van der Waals surface area contributed by atoms with Gasteiger partial charge < -0.3 is 20.4 Å². The highest BCUT2D eigenvalue weighted by atomic mass is 16.5. The second-order valence-corrected chi connectivity index (χ2v) is 7.17. The Bertz CT molecular complexity index is 315. The van der Waals surface area contributed by atoms with Crippen molar-refractivity contribution in [3.05, 3.63) is 23.6 Å². The van der Waals surface area contributed by atoms with Gasteiger partial charge in [-0.05, 0) is 48.0 Å². The zero-order valence-corrected chi connectivity index (χ0v) is 17.8. The van der Waals surface area contributed by atoms with Crippen molar-refractivity contribution in [2.75, 3.05) is 0 Å². The molecule has 0 aromatic carbocycles. The average Bonchev–Trinajstić information content (AvgIpc) is 2.34. The van der Waals surface area contributed by atoms with Gasteiger partial charge in [-0.1, -0.05) is 45.8 Å². The molecule has 0 spiro atoms. The first-order valence-corrected chi connectivity index (χ1v) is 8.71. The van der Waals surface area contributed by atoms with Crippen LogP contribution in [-0.2, 0) is 0 Å². The van der Waals surface area contributed by atoms with Gasteiger partial charge in [-0.15, -0.1) is 11.4 Å². The minimum absolute atomic E-state index is 0.749. The quantitative estimate of drug-likeness (QED) is 0.355. The van der Waals surface area contributed by atoms with E-state index in [0.717, 1.165) is 18.3 Å². The van der Waals surface area contributed by atoms with Crippen molar-refractivity contribution in [3.8, 4) is 0 Å². The van der Waals surface area contributed by atoms with Crippen molar-refractivity contribution >= 4 is 15.7 Å². The van der Waals surface area contributed by atoms with E-state index >= 15 is 0 Å². The van der Waals surface area contributed by atoms with Gasteiger partial charge in [0.15, 0.2) is 5.79 Å². The smallest absolute Gasteiger partial charge is 0.156 e. The number of unbranched alkanes of at least 4 members (excludes halogenated alkanes) is 1. The summed E-state index contributed by atoms with van der Waals surface area (Å²) in [5, 5.41) is 34.4. The van der Waals surface area contributed by atoms with Crippen molar-refractivity contribution in [1.82, 2.24) is 0 Å². The molecule has 0 heterocycles. The lowest BCUT2D eigenvalue weighted by atomic mass is 9.90. The van der Waals surface area contributed by atoms with E-state index in [1.165, 1.54) is 26.2 Å². The van der Waals surface area contributed by atoms with Crippen LogP contribution in [0.1, 0.15) is 81.6 Å². The summed E-state index contributed by atoms with van der Waals surface area (Å²) in [6.45, 7) is 15.3. The van der Waals surface area contributed by atoms with E-state index in [2.05, 4.69) is 20.8 Å². The van der Waals surface area contributed by atoms with Crippen LogP contribution < -0.4 is 0 Å². The third kappa shape index (κ3) is 45.2. The molecule has 0 unspecified atom stereocenters. The molecular weight excluding hydrogens is 314 g/mol. The minimum Gasteiger partial charge on any atom is -0.387 e. The standard InChI is InChI=1S/C7H10B2.C6H14O2.C3H8O2.C3H8/c1-2-3-4-7(9)5-6-8;1-5(2,7)6(3,4)8;1-3(2,4)5;1-3-2/h4-6H,2-3H2,1H3;7-8H,1-4H3;4-5H,1-2H3;3H2,1-2H3/b6-5+,7-4+;;;. The normalized spacial score (nSPS) is 12.3. The molecule has 0 bridgehead atoms. The summed E-state index contributed by atoms with van der Waals surface area (Å²) < 4.78 is 0. The van der Waals surface area contributed by atoms with Crippen LogP contribution in [0.2, 0.25) is 0 Å². The fraction of sp³-hybridized carbons (Fsp3) is 0.789. The maximum absolute atomic E-state index is 9.10. The lowest BCUT2D eigenvalue weighted by molar-refractivity contribution is -0.127. The Morgan fingerprint density at radius 3 is 1.28 bits per heavy atom. The second kappa shape index (κ2) is 16.9. The monoisotopic (exact) mass is 354 g/mol. The van der Waals surface area contributed by atoms with Crippen LogP contribution in [-0.4, -0.2) is 53.1 Å². The Hall–Kier alpha value is -0.550. The van der Waals surface area contributed by atoms with E-state index in [0.29, 0.717) is 0 Å². The summed E-state index contributed by atoms with van der Waals surface area (Å²) in [5.41, 5.74) is -1.26. The molecular formula is C19H40B2O4. The van der Waals surface area contributed by atoms with Gasteiger partial charge in [-0.3, -0.25) is 0 Å². The summed E-state index contributed by atoms with van der Waals surface area (Å²) in [5.74, 6) is -0.0541. The van der Waals surface area contributed by atoms with Crippen molar-refractivity contribution in [2.24, 2.45) is 0 Å². The van der Waals surface area contributed by atoms with Crippen LogP contribution >= 0.6 is 0 Å². The summed E-state index contributed by atoms with van der Waals surface area (Å²) >= 11 is 0. The molecule has 6 heteroatoms. The molecule has 0 fully saturated rings. The molecule has 4 N–H and O–H groups in total. The average molecular weight is 354 g/mol. The van der Waals surface area contributed by atoms with Crippen molar-refractivity contribution in [1.29, 1.82) is 0 Å². The van der Waals surface area contributed by atoms with E-state index in [9.17, 15) is 0 Å². The summed E-state index contributed by atoms with van der Waals surface area (Å²) in [7, 11) is 10.6. The fourth-order valence-corrected chi connectivity index (χ4v) is 0.490. The van der Waals surface area contributed by atoms with Crippen molar-refractivity contribution < 1.29 is 20.4 Å². The fourth-order valence-electron chi connectivity index (χ4n) is 0.490. The first-order chi connectivity index (χ1) is 11.0. The summed E-state index contributed by atoms with van der Waals surface area (Å²) in [4.78, 5) is 0. The maximum atomic E-state index is 9.10. The van der Waals surface area contributed by atoms with Gasteiger partial charge in [0.05, 0.1) is 11.2 Å². The van der Waals surface area contributed by atoms with Crippen LogP contribution in [0.15, 0.2) is 23.6 Å². The van der Waals surface area contributed by atoms with Gasteiger partial charge in [0.2, 0.25) is 0 Å². The minimum atomic E-state index is -1.50. The molecule has 0 aliphatic heterocycles. The predicted molar refractivity (Wildman–Crippen MR) is 111 cm³/mol. The van der Waals surface area contributed by atoms with Gasteiger partial charge in [0.1, 0.15) is 15.7 Å². The number of hydrogen-bond donors (Lipinski definition) is 4. The van der Waals surface area contributed by atoms with Gasteiger partial charge >= 0.3 is 0 Å². The van der Waals surface area contributed by atoms with Crippen molar-refractivity contribution in [3.63, 3.8) is 0 Å². The number of aliphatic hydroxyl groups is 4. The molecule has 0 aliphatic rings. The van der Waals surface area contributed by atoms with E-state index < -0.39 is 17.0 Å². The summed E-state index contributed by atoms with van der Waals surface area (Å²) in [6.07, 6.45) is 7.05. The lowest BCUT2D eigenvalue weighted by Crippen LogP contribution is -2.44. The first kappa shape index (κ1) is 32.1. The molecule has 4 nitrogen and oxygen atoms in total. The van der Waals surface area contributed by atoms with Gasteiger partial charge in [0, 0.05) is 0 Å². The zero-order chi connectivity index (χ0) is 21.3. The first-order valence-electron chi connectivity index (χ1n) is 8.71. The molecule has 25 heavy (non-hydrogen) atoms. The van der Waals surface area contributed by atoms with E-state index in [1.807, 2.05) is 6.08 Å². The largest absolute Gasteiger partial charge is 0.387 e. The van der Waals surface area contributed by atoms with Crippen LogP contribution in [0.3, 0.4) is 0 Å². The van der Waals surface area contributed by atoms with Crippen molar-refractivity contribution in [2.45, 2.75) is 98.6 Å². The molecule has 4 radical (unpaired) electrons. The predicted octanol–water partition coefficient (Wildman–Crippen LogP) is 3.17. The van der Waals surface area contributed by atoms with Crippen LogP contribution in [0, 0.1) is 0 Å². The zero-order valence-electron chi connectivity index (χ0n) is 17.8. The Kier molecular flexibility index (Phi) is 21.7. The Morgan fingerprint density at radius 2 is 1.12 bits per heavy atom. The Balaban J connectivity index is -0.000000126.